The molecule has 0 saturated carbocycles. The first kappa shape index (κ1) is 51.4. The van der Waals surface area contributed by atoms with Crippen molar-refractivity contribution in [3.05, 3.63) is 57.7 Å². The monoisotopic (exact) mass is 911 g/mol. The molecule has 4 heterocycles. The van der Waals surface area contributed by atoms with Crippen LogP contribution in [0, 0.1) is 5.92 Å². The smallest absolute Gasteiger partial charge is 0.488 e. The van der Waals surface area contributed by atoms with E-state index in [0.717, 1.165) is 76.7 Å². The molecule has 2 fully saturated rings. The van der Waals surface area contributed by atoms with Crippen molar-refractivity contribution in [2.75, 3.05) is 26.2 Å². The Labute approximate surface area is 381 Å². The molecule has 64 heavy (non-hydrogen) atoms. The number of hydrazine groups is 2. The summed E-state index contributed by atoms with van der Waals surface area (Å²) >= 11 is 0. The Kier molecular flexibility index (Phi) is 17.1. The normalized spacial score (nSPS) is 23.4. The number of nitrogens with one attached hydrogen (secondary N) is 2. The maximum absolute atomic E-state index is 15.5. The zero-order valence-corrected chi connectivity index (χ0v) is 41.1. The van der Waals surface area contributed by atoms with Gasteiger partial charge in [0.1, 0.15) is 34.4 Å². The molecule has 1 aromatic carbocycles. The van der Waals surface area contributed by atoms with Crippen LogP contribution in [0.25, 0.3) is 6.08 Å². The van der Waals surface area contributed by atoms with E-state index in [2.05, 4.69) is 21.9 Å². The number of phosphoric acid groups is 1. The van der Waals surface area contributed by atoms with Gasteiger partial charge in [0.05, 0.1) is 17.1 Å². The number of rotatable bonds is 19. The lowest BCUT2D eigenvalue weighted by Crippen LogP contribution is -2.56. The van der Waals surface area contributed by atoms with Gasteiger partial charge in [-0.25, -0.2) is 14.6 Å². The van der Waals surface area contributed by atoms with Crippen LogP contribution in [0.15, 0.2) is 41.0 Å². The van der Waals surface area contributed by atoms with E-state index < -0.39 is 48.5 Å². The SMILES string of the molecule is CC(=O)C(C)(C/C=C(/C)C(=O)NN1CCCCC1)OC(C)(C)CC1Oc2c(CC=C(C)C)c3c(c(OP(=O)(O)O)c2C(=O)C1C(C)NN1CCCCC1)C=CC(C)(CCC=C(C)C)O3. The quantitative estimate of drug-likeness (QED) is 0.0589. The summed E-state index contributed by atoms with van der Waals surface area (Å²) < 4.78 is 39.1. The maximum Gasteiger partial charge on any atom is 0.524 e. The molecule has 5 unspecified atom stereocenters. The molecule has 14 nitrogen and oxygen atoms in total. The van der Waals surface area contributed by atoms with Gasteiger partial charge < -0.3 is 18.7 Å². The Morgan fingerprint density at radius 2 is 1.55 bits per heavy atom. The van der Waals surface area contributed by atoms with E-state index in [1.54, 1.807) is 26.0 Å². The molecule has 5 rings (SSSR count). The van der Waals surface area contributed by atoms with Crippen molar-refractivity contribution in [2.24, 2.45) is 5.92 Å². The number of ketones is 2. The molecule has 356 valence electrons. The van der Waals surface area contributed by atoms with Crippen molar-refractivity contribution in [1.29, 1.82) is 0 Å². The zero-order chi connectivity index (χ0) is 47.2. The molecule has 1 amide bonds. The summed E-state index contributed by atoms with van der Waals surface area (Å²) in [6.45, 7) is 23.7. The third-order valence-electron chi connectivity index (χ3n) is 12.8. The maximum atomic E-state index is 15.5. The number of hydrogen-bond donors (Lipinski definition) is 4. The molecule has 1 aromatic rings. The van der Waals surface area contributed by atoms with E-state index in [4.69, 9.17) is 18.7 Å². The van der Waals surface area contributed by atoms with Crippen molar-refractivity contribution < 1.29 is 47.5 Å². The fraction of sp³-hybridized carbons (Fsp3) is 0.653. The topological polar surface area (TPSA) is 176 Å². The van der Waals surface area contributed by atoms with Crippen molar-refractivity contribution >= 4 is 31.4 Å². The molecule has 0 aromatic heterocycles. The van der Waals surface area contributed by atoms with Crippen LogP contribution in [-0.2, 0) is 25.3 Å². The highest BCUT2D eigenvalue weighted by atomic mass is 31.2. The Hall–Kier alpha value is -3.62. The predicted octanol–water partition coefficient (Wildman–Crippen LogP) is 8.90. The minimum absolute atomic E-state index is 0.0510. The van der Waals surface area contributed by atoms with Gasteiger partial charge in [0.25, 0.3) is 5.91 Å². The van der Waals surface area contributed by atoms with E-state index in [-0.39, 0.29) is 47.2 Å². The number of Topliss-reactive ketones (excluding diaryl/α,β-unsaturated/α-hetero) is 2. The summed E-state index contributed by atoms with van der Waals surface area (Å²) in [6, 6.07) is -0.506. The van der Waals surface area contributed by atoms with Crippen molar-refractivity contribution in [3.8, 4) is 17.2 Å². The summed E-state index contributed by atoms with van der Waals surface area (Å²) in [7, 11) is -5.22. The van der Waals surface area contributed by atoms with Crippen molar-refractivity contribution in [2.45, 2.75) is 176 Å². The van der Waals surface area contributed by atoms with E-state index in [1.165, 1.54) is 12.5 Å². The van der Waals surface area contributed by atoms with Crippen molar-refractivity contribution in [1.82, 2.24) is 20.9 Å². The van der Waals surface area contributed by atoms with Gasteiger partial charge in [-0.2, -0.15) is 0 Å². The number of piperidine rings is 2. The molecule has 15 heteroatoms. The van der Waals surface area contributed by atoms with Crippen LogP contribution in [0.3, 0.4) is 0 Å². The molecule has 2 saturated heterocycles. The summed E-state index contributed by atoms with van der Waals surface area (Å²) in [6.07, 6.45) is 16.8. The highest BCUT2D eigenvalue weighted by Gasteiger charge is 2.50. The lowest BCUT2D eigenvalue weighted by molar-refractivity contribution is -0.168. The van der Waals surface area contributed by atoms with Gasteiger partial charge in [0.2, 0.25) is 0 Å². The molecule has 5 atom stereocenters. The lowest BCUT2D eigenvalue weighted by atomic mass is 9.78. The third-order valence-corrected chi connectivity index (χ3v) is 13.2. The summed E-state index contributed by atoms with van der Waals surface area (Å²) in [4.78, 5) is 62.9. The summed E-state index contributed by atoms with van der Waals surface area (Å²) in [5.74, 6) is -1.56. The number of fused-ring (bicyclic) bond motifs is 2. The van der Waals surface area contributed by atoms with Crippen LogP contribution in [0.5, 0.6) is 17.2 Å². The van der Waals surface area contributed by atoms with Crippen molar-refractivity contribution in [3.63, 3.8) is 0 Å². The second-order valence-electron chi connectivity index (χ2n) is 19.8. The average molecular weight is 911 g/mol. The number of amides is 1. The fourth-order valence-corrected chi connectivity index (χ4v) is 9.56. The Bertz CT molecular complexity index is 2050. The Morgan fingerprint density at radius 1 is 0.938 bits per heavy atom. The number of carbonyl (C=O) groups excluding carboxylic acids is 3. The molecular weight excluding hydrogens is 836 g/mol. The van der Waals surface area contributed by atoms with Gasteiger partial charge in [-0.1, -0.05) is 42.2 Å². The van der Waals surface area contributed by atoms with E-state index in [1.807, 2.05) is 72.6 Å². The number of benzene rings is 1. The van der Waals surface area contributed by atoms with E-state index >= 15 is 4.79 Å². The molecule has 0 radical (unpaired) electrons. The Balaban J connectivity index is 1.59. The molecule has 0 bridgehead atoms. The van der Waals surface area contributed by atoms with Gasteiger partial charge in [0.15, 0.2) is 17.3 Å². The van der Waals surface area contributed by atoms with Crippen LogP contribution >= 0.6 is 7.82 Å². The molecule has 0 aliphatic carbocycles. The van der Waals surface area contributed by atoms with Crippen LogP contribution in [0.1, 0.15) is 162 Å². The van der Waals surface area contributed by atoms with Gasteiger partial charge in [-0.3, -0.25) is 35.0 Å². The second kappa shape index (κ2) is 21.3. The molecule has 4 aliphatic heterocycles. The van der Waals surface area contributed by atoms with Gasteiger partial charge in [-0.15, -0.1) is 0 Å². The van der Waals surface area contributed by atoms with Crippen LogP contribution in [0.4, 0.5) is 0 Å². The molecule has 4 aliphatic rings. The largest absolute Gasteiger partial charge is 0.524 e. The number of carbonyl (C=O) groups is 3. The highest BCUT2D eigenvalue weighted by molar-refractivity contribution is 7.46. The minimum atomic E-state index is -5.22. The number of hydrogen-bond acceptors (Lipinski definition) is 11. The first-order valence-corrected chi connectivity index (χ1v) is 24.7. The standard InChI is InChI=1S/C49H75N4O10P/c1-32(2)19-18-24-48(10)25-23-38-43(61-48)37(21-20-33(3)4)44-41(45(38)62-64(57,58)59)42(55)40(35(6)50-52-27-14-12-15-28-52)39(60-44)31-47(8,9)63-49(11,36(7)54)26-22-34(5)46(56)51-53-29-16-13-17-30-53/h19-20,22-23,25,35,39-40,50H,12-18,21,24,26-31H2,1-11H3,(H,51,56)(H2,57,58,59)/b34-22-. The molecule has 4 N–H and O–H groups in total. The zero-order valence-electron chi connectivity index (χ0n) is 40.2. The second-order valence-corrected chi connectivity index (χ2v) is 21.0. The number of ether oxygens (including phenoxy) is 3. The van der Waals surface area contributed by atoms with Gasteiger partial charge in [-0.05, 0) is 133 Å². The number of nitrogens with zero attached hydrogens (tertiary/aromatic N) is 2. The van der Waals surface area contributed by atoms with E-state index in [9.17, 15) is 23.9 Å². The average Bonchev–Trinajstić information content (AvgIpc) is 3.19. The minimum Gasteiger partial charge on any atom is -0.488 e. The number of allylic oxidation sites excluding steroid dienone is 4. The lowest BCUT2D eigenvalue weighted by Gasteiger charge is -2.44. The number of phosphoric ester groups is 1. The first-order valence-electron chi connectivity index (χ1n) is 23.2. The third kappa shape index (κ3) is 13.5. The first-order chi connectivity index (χ1) is 29.9. The summed E-state index contributed by atoms with van der Waals surface area (Å²) in [5.41, 5.74) is 6.77. The van der Waals surface area contributed by atoms with E-state index in [0.29, 0.717) is 29.7 Å². The van der Waals surface area contributed by atoms with Crippen LogP contribution in [0.2, 0.25) is 0 Å². The Morgan fingerprint density at radius 3 is 2.12 bits per heavy atom. The highest BCUT2D eigenvalue weighted by Crippen LogP contribution is 2.55. The van der Waals surface area contributed by atoms with Gasteiger partial charge >= 0.3 is 7.82 Å². The van der Waals surface area contributed by atoms with Crippen LogP contribution in [-0.4, -0.2) is 92.4 Å². The van der Waals surface area contributed by atoms with Gasteiger partial charge in [0, 0.05) is 56.2 Å². The van der Waals surface area contributed by atoms with Crippen LogP contribution < -0.4 is 24.8 Å². The molecular formula is C49H75N4O10P. The molecule has 0 spiro atoms. The fourth-order valence-electron chi connectivity index (χ4n) is 9.13. The summed E-state index contributed by atoms with van der Waals surface area (Å²) in [5, 5.41) is 4.05. The predicted molar refractivity (Wildman–Crippen MR) is 250 cm³/mol.